The Hall–Kier alpha value is -1.31. The highest BCUT2D eigenvalue weighted by molar-refractivity contribution is 5.72. The number of carbonyl (C=O) groups is 1. The second-order valence-electron chi connectivity index (χ2n) is 3.58. The normalized spacial score (nSPS) is 10.0. The van der Waals surface area contributed by atoms with Gasteiger partial charge in [-0.1, -0.05) is 38.5 Å². The number of rotatable bonds is 5. The lowest BCUT2D eigenvalue weighted by atomic mass is 10.1. The first kappa shape index (κ1) is 11.8. The van der Waals surface area contributed by atoms with Crippen molar-refractivity contribution in [2.24, 2.45) is 0 Å². The molecule has 1 aromatic carbocycles. The SMILES string of the molecule is CCCC(=O)Oc1ccccc1CCC. The highest BCUT2D eigenvalue weighted by atomic mass is 16.5. The van der Waals surface area contributed by atoms with Gasteiger partial charge in [0.1, 0.15) is 5.75 Å². The molecule has 0 aromatic heterocycles. The van der Waals surface area contributed by atoms with Crippen molar-refractivity contribution in [3.8, 4) is 5.75 Å². The van der Waals surface area contributed by atoms with Gasteiger partial charge in [0.05, 0.1) is 0 Å². The van der Waals surface area contributed by atoms with Crippen LogP contribution in [-0.4, -0.2) is 5.97 Å². The molecule has 2 nitrogen and oxygen atoms in total. The summed E-state index contributed by atoms with van der Waals surface area (Å²) in [5, 5.41) is 0. The van der Waals surface area contributed by atoms with E-state index in [0.29, 0.717) is 6.42 Å². The molecule has 0 saturated carbocycles. The van der Waals surface area contributed by atoms with Gasteiger partial charge in [0.25, 0.3) is 0 Å². The van der Waals surface area contributed by atoms with E-state index in [2.05, 4.69) is 6.92 Å². The molecule has 82 valence electrons. The Morgan fingerprint density at radius 3 is 2.60 bits per heavy atom. The monoisotopic (exact) mass is 206 g/mol. The molecule has 0 aliphatic rings. The maximum atomic E-state index is 11.3. The van der Waals surface area contributed by atoms with Crippen LogP contribution >= 0.6 is 0 Å². The Balaban J connectivity index is 2.70. The average Bonchev–Trinajstić information content (AvgIpc) is 2.21. The Bertz CT molecular complexity index is 318. The van der Waals surface area contributed by atoms with Crippen LogP contribution in [0.25, 0.3) is 0 Å². The van der Waals surface area contributed by atoms with Crippen LogP contribution in [0.1, 0.15) is 38.7 Å². The van der Waals surface area contributed by atoms with Gasteiger partial charge in [-0.25, -0.2) is 0 Å². The summed E-state index contributed by atoms with van der Waals surface area (Å²) in [6, 6.07) is 7.74. The van der Waals surface area contributed by atoms with Gasteiger partial charge in [-0.05, 0) is 24.5 Å². The van der Waals surface area contributed by atoms with E-state index in [9.17, 15) is 4.79 Å². The Morgan fingerprint density at radius 2 is 1.93 bits per heavy atom. The van der Waals surface area contributed by atoms with Crippen LogP contribution in [0, 0.1) is 0 Å². The van der Waals surface area contributed by atoms with Crippen molar-refractivity contribution >= 4 is 5.97 Å². The quantitative estimate of drug-likeness (QED) is 0.545. The maximum absolute atomic E-state index is 11.3. The molecule has 0 aliphatic heterocycles. The van der Waals surface area contributed by atoms with Crippen molar-refractivity contribution < 1.29 is 9.53 Å². The van der Waals surface area contributed by atoms with Gasteiger partial charge in [-0.15, -0.1) is 0 Å². The van der Waals surface area contributed by atoms with Gasteiger partial charge in [0, 0.05) is 6.42 Å². The van der Waals surface area contributed by atoms with Crippen molar-refractivity contribution in [2.75, 3.05) is 0 Å². The highest BCUT2D eigenvalue weighted by Gasteiger charge is 2.06. The molecule has 1 aromatic rings. The fourth-order valence-electron chi connectivity index (χ4n) is 1.46. The third-order valence-corrected chi connectivity index (χ3v) is 2.17. The van der Waals surface area contributed by atoms with Crippen molar-refractivity contribution in [1.82, 2.24) is 0 Å². The van der Waals surface area contributed by atoms with Crippen LogP contribution in [0.3, 0.4) is 0 Å². The number of para-hydroxylation sites is 1. The van der Waals surface area contributed by atoms with Gasteiger partial charge >= 0.3 is 5.97 Å². The van der Waals surface area contributed by atoms with E-state index in [-0.39, 0.29) is 5.97 Å². The van der Waals surface area contributed by atoms with Crippen molar-refractivity contribution in [3.05, 3.63) is 29.8 Å². The van der Waals surface area contributed by atoms with E-state index < -0.39 is 0 Å². The Labute approximate surface area is 91.3 Å². The van der Waals surface area contributed by atoms with Crippen LogP contribution in [-0.2, 0) is 11.2 Å². The molecule has 0 heterocycles. The molecule has 1 rings (SSSR count). The predicted molar refractivity (Wildman–Crippen MR) is 61.0 cm³/mol. The summed E-state index contributed by atoms with van der Waals surface area (Å²) in [5.41, 5.74) is 1.12. The third-order valence-electron chi connectivity index (χ3n) is 2.17. The first-order valence-electron chi connectivity index (χ1n) is 5.56. The lowest BCUT2D eigenvalue weighted by Gasteiger charge is -2.08. The molecular formula is C13H18O2. The molecule has 0 spiro atoms. The largest absolute Gasteiger partial charge is 0.426 e. The minimum Gasteiger partial charge on any atom is -0.426 e. The number of carbonyl (C=O) groups excluding carboxylic acids is 1. The fourth-order valence-corrected chi connectivity index (χ4v) is 1.46. The molecule has 0 bridgehead atoms. The Morgan fingerprint density at radius 1 is 1.20 bits per heavy atom. The summed E-state index contributed by atoms with van der Waals surface area (Å²) in [6.07, 6.45) is 3.33. The molecule has 0 radical (unpaired) electrons. The lowest BCUT2D eigenvalue weighted by molar-refractivity contribution is -0.134. The molecule has 0 N–H and O–H groups in total. The van der Waals surface area contributed by atoms with Crippen LogP contribution < -0.4 is 4.74 Å². The van der Waals surface area contributed by atoms with E-state index in [4.69, 9.17) is 4.74 Å². The topological polar surface area (TPSA) is 26.3 Å². The molecule has 2 heteroatoms. The number of benzene rings is 1. The minimum absolute atomic E-state index is 0.138. The molecule has 15 heavy (non-hydrogen) atoms. The smallest absolute Gasteiger partial charge is 0.311 e. The fraction of sp³-hybridized carbons (Fsp3) is 0.462. The van der Waals surface area contributed by atoms with Crippen LogP contribution in [0.4, 0.5) is 0 Å². The molecule has 0 amide bonds. The van der Waals surface area contributed by atoms with Crippen molar-refractivity contribution in [3.63, 3.8) is 0 Å². The summed E-state index contributed by atoms with van der Waals surface area (Å²) in [6.45, 7) is 4.09. The molecule has 0 unspecified atom stereocenters. The zero-order valence-electron chi connectivity index (χ0n) is 9.45. The molecule has 0 saturated heterocycles. The molecule has 0 atom stereocenters. The zero-order valence-corrected chi connectivity index (χ0v) is 9.45. The van der Waals surface area contributed by atoms with Gasteiger partial charge in [0.15, 0.2) is 0 Å². The summed E-state index contributed by atoms with van der Waals surface area (Å²) >= 11 is 0. The Kier molecular flexibility index (Phi) is 4.88. The average molecular weight is 206 g/mol. The lowest BCUT2D eigenvalue weighted by Crippen LogP contribution is -2.08. The molecular weight excluding hydrogens is 188 g/mol. The number of hydrogen-bond donors (Lipinski definition) is 0. The maximum Gasteiger partial charge on any atom is 0.311 e. The number of esters is 1. The van der Waals surface area contributed by atoms with Gasteiger partial charge in [0.2, 0.25) is 0 Å². The summed E-state index contributed by atoms with van der Waals surface area (Å²) in [7, 11) is 0. The van der Waals surface area contributed by atoms with Crippen LogP contribution in [0.5, 0.6) is 5.75 Å². The second-order valence-corrected chi connectivity index (χ2v) is 3.58. The van der Waals surface area contributed by atoms with Crippen molar-refractivity contribution in [2.45, 2.75) is 39.5 Å². The van der Waals surface area contributed by atoms with E-state index in [1.165, 1.54) is 0 Å². The first-order chi connectivity index (χ1) is 7.27. The summed E-state index contributed by atoms with van der Waals surface area (Å²) in [4.78, 5) is 11.3. The minimum atomic E-state index is -0.138. The van der Waals surface area contributed by atoms with E-state index in [0.717, 1.165) is 30.6 Å². The zero-order chi connectivity index (χ0) is 11.1. The standard InChI is InChI=1S/C13H18O2/c1-3-7-11-9-5-6-10-12(11)15-13(14)8-4-2/h5-6,9-10H,3-4,7-8H2,1-2H3. The van der Waals surface area contributed by atoms with E-state index in [1.54, 1.807) is 0 Å². The first-order valence-corrected chi connectivity index (χ1v) is 5.56. The summed E-state index contributed by atoms with van der Waals surface area (Å²) in [5.74, 6) is 0.582. The molecule has 0 fully saturated rings. The number of ether oxygens (including phenoxy) is 1. The van der Waals surface area contributed by atoms with E-state index >= 15 is 0 Å². The summed E-state index contributed by atoms with van der Waals surface area (Å²) < 4.78 is 5.30. The van der Waals surface area contributed by atoms with Gasteiger partial charge < -0.3 is 4.74 Å². The number of hydrogen-bond acceptors (Lipinski definition) is 2. The second kappa shape index (κ2) is 6.23. The number of aryl methyl sites for hydroxylation is 1. The molecule has 0 aliphatic carbocycles. The third kappa shape index (κ3) is 3.74. The van der Waals surface area contributed by atoms with Gasteiger partial charge in [-0.3, -0.25) is 4.79 Å². The van der Waals surface area contributed by atoms with Crippen LogP contribution in [0.2, 0.25) is 0 Å². The predicted octanol–water partition coefficient (Wildman–Crippen LogP) is 3.34. The van der Waals surface area contributed by atoms with E-state index in [1.807, 2.05) is 31.2 Å². The van der Waals surface area contributed by atoms with Gasteiger partial charge in [-0.2, -0.15) is 0 Å². The van der Waals surface area contributed by atoms with Crippen LogP contribution in [0.15, 0.2) is 24.3 Å². The van der Waals surface area contributed by atoms with Crippen molar-refractivity contribution in [1.29, 1.82) is 0 Å². The highest BCUT2D eigenvalue weighted by Crippen LogP contribution is 2.20.